The molecule has 0 aliphatic carbocycles. The maximum Gasteiger partial charge on any atom is 0.249 e. The average Bonchev–Trinajstić information content (AvgIpc) is 2.96. The summed E-state index contributed by atoms with van der Waals surface area (Å²) in [6.45, 7) is 3.33. The largest absolute Gasteiger partial charge is 0.506 e. The number of benzene rings is 1. The van der Waals surface area contributed by atoms with Crippen LogP contribution in [0, 0.1) is 0 Å². The van der Waals surface area contributed by atoms with Crippen LogP contribution in [0.2, 0.25) is 5.02 Å². The number of phenolic OH excluding ortho intramolecular Hbond substituents is 1. The molecule has 0 aliphatic heterocycles. The van der Waals surface area contributed by atoms with Crippen LogP contribution in [0.1, 0.15) is 26.3 Å². The molecule has 0 radical (unpaired) electrons. The fourth-order valence-electron chi connectivity index (χ4n) is 2.17. The number of aromatic nitrogens is 2. The number of carbonyl (C=O) groups is 1. The van der Waals surface area contributed by atoms with Gasteiger partial charge in [0.2, 0.25) is 5.91 Å². The fraction of sp³-hybridized carbons (Fsp3) is 0.333. The van der Waals surface area contributed by atoms with Crippen LogP contribution in [0.4, 0.5) is 5.69 Å². The van der Waals surface area contributed by atoms with Crippen molar-refractivity contribution in [2.24, 2.45) is 0 Å². The lowest BCUT2D eigenvalue weighted by Crippen LogP contribution is -2.26. The lowest BCUT2D eigenvalue weighted by Gasteiger charge is -2.16. The first-order valence-electron chi connectivity index (χ1n) is 7.34. The summed E-state index contributed by atoms with van der Waals surface area (Å²) in [5, 5.41) is 16.9. The molecule has 1 heterocycles. The summed E-state index contributed by atoms with van der Waals surface area (Å²) >= 11 is 5.82. The van der Waals surface area contributed by atoms with Crippen molar-refractivity contribution in [1.82, 2.24) is 9.78 Å². The Morgan fingerprint density at radius 3 is 2.67 bits per heavy atom. The maximum atomic E-state index is 12.5. The molecule has 130 valence electrons. The molecule has 9 heteroatoms. The Kier molecular flexibility index (Phi) is 5.51. The van der Waals surface area contributed by atoms with E-state index in [9.17, 15) is 18.3 Å². The predicted molar refractivity (Wildman–Crippen MR) is 91.0 cm³/mol. The van der Waals surface area contributed by atoms with Gasteiger partial charge in [0, 0.05) is 6.20 Å². The number of sulfone groups is 1. The molecule has 1 atom stereocenters. The van der Waals surface area contributed by atoms with Gasteiger partial charge in [-0.05, 0) is 24.6 Å². The minimum absolute atomic E-state index is 0.0335. The van der Waals surface area contributed by atoms with E-state index in [-0.39, 0.29) is 22.1 Å². The highest BCUT2D eigenvalue weighted by Gasteiger charge is 2.22. The summed E-state index contributed by atoms with van der Waals surface area (Å²) in [5.74, 6) is -0.723. The highest BCUT2D eigenvalue weighted by molar-refractivity contribution is 7.91. The maximum absolute atomic E-state index is 12.5. The standard InChI is InChI=1S/C15H18ClN3O4S/c1-3-13(19-9-10(16)8-17-19)15(21)18-12-7-11(5-6-14(12)20)24(22,23)4-2/h5-9,13,20H,3-4H2,1-2H3,(H,18,21)/t13-/m0/s1. The zero-order chi connectivity index (χ0) is 17.9. The molecule has 0 fully saturated rings. The van der Waals surface area contributed by atoms with E-state index in [1.54, 1.807) is 6.92 Å². The fourth-order valence-corrected chi connectivity index (χ4v) is 3.22. The molecule has 0 aliphatic rings. The molecule has 1 aromatic carbocycles. The van der Waals surface area contributed by atoms with E-state index < -0.39 is 21.8 Å². The number of halogens is 1. The Morgan fingerprint density at radius 2 is 2.12 bits per heavy atom. The first-order valence-corrected chi connectivity index (χ1v) is 9.37. The summed E-state index contributed by atoms with van der Waals surface area (Å²) in [6.07, 6.45) is 3.38. The molecule has 2 rings (SSSR count). The molecular formula is C15H18ClN3O4S. The number of nitrogens with zero attached hydrogens (tertiary/aromatic N) is 2. The van der Waals surface area contributed by atoms with Crippen LogP contribution in [0.5, 0.6) is 5.75 Å². The highest BCUT2D eigenvalue weighted by Crippen LogP contribution is 2.28. The van der Waals surface area contributed by atoms with Crippen molar-refractivity contribution in [3.8, 4) is 5.75 Å². The number of rotatable bonds is 6. The summed E-state index contributed by atoms with van der Waals surface area (Å²) in [6, 6.07) is 3.15. The number of hydrogen-bond acceptors (Lipinski definition) is 5. The molecule has 0 bridgehead atoms. The number of nitrogens with one attached hydrogen (secondary N) is 1. The molecular weight excluding hydrogens is 354 g/mol. The number of phenols is 1. The molecule has 1 amide bonds. The molecule has 0 saturated carbocycles. The Bertz CT molecular complexity index is 848. The lowest BCUT2D eigenvalue weighted by molar-refractivity contribution is -0.119. The van der Waals surface area contributed by atoms with E-state index in [1.807, 2.05) is 0 Å². The van der Waals surface area contributed by atoms with Crippen LogP contribution in [-0.2, 0) is 14.6 Å². The van der Waals surface area contributed by atoms with Crippen LogP contribution >= 0.6 is 11.6 Å². The van der Waals surface area contributed by atoms with Gasteiger partial charge >= 0.3 is 0 Å². The van der Waals surface area contributed by atoms with Gasteiger partial charge in [-0.15, -0.1) is 0 Å². The minimum atomic E-state index is -3.45. The Morgan fingerprint density at radius 1 is 1.42 bits per heavy atom. The van der Waals surface area contributed by atoms with E-state index >= 15 is 0 Å². The monoisotopic (exact) mass is 371 g/mol. The van der Waals surface area contributed by atoms with Crippen molar-refractivity contribution in [1.29, 1.82) is 0 Å². The summed E-state index contributed by atoms with van der Waals surface area (Å²) < 4.78 is 25.3. The van der Waals surface area contributed by atoms with Crippen LogP contribution in [-0.4, -0.2) is 35.0 Å². The number of anilines is 1. The summed E-state index contributed by atoms with van der Waals surface area (Å²) in [4.78, 5) is 12.5. The number of hydrogen-bond donors (Lipinski definition) is 2. The van der Waals surface area contributed by atoms with E-state index in [1.165, 1.54) is 42.2 Å². The predicted octanol–water partition coefficient (Wildman–Crippen LogP) is 2.63. The van der Waals surface area contributed by atoms with Gasteiger partial charge in [-0.2, -0.15) is 5.10 Å². The zero-order valence-electron chi connectivity index (χ0n) is 13.2. The Balaban J connectivity index is 2.29. The molecule has 0 spiro atoms. The van der Waals surface area contributed by atoms with Gasteiger partial charge < -0.3 is 10.4 Å². The smallest absolute Gasteiger partial charge is 0.249 e. The average molecular weight is 372 g/mol. The van der Waals surface area contributed by atoms with Gasteiger partial charge in [0.05, 0.1) is 27.6 Å². The third kappa shape index (κ3) is 3.88. The second kappa shape index (κ2) is 7.23. The molecule has 1 aromatic heterocycles. The van der Waals surface area contributed by atoms with Crippen molar-refractivity contribution >= 4 is 33.0 Å². The molecule has 24 heavy (non-hydrogen) atoms. The summed E-state index contributed by atoms with van der Waals surface area (Å²) in [5.41, 5.74) is 0.0335. The SMILES string of the molecule is CC[C@@H](C(=O)Nc1cc(S(=O)(=O)CC)ccc1O)n1cc(Cl)cn1. The van der Waals surface area contributed by atoms with Crippen molar-refractivity contribution in [2.45, 2.75) is 31.2 Å². The van der Waals surface area contributed by atoms with Crippen LogP contribution in [0.25, 0.3) is 0 Å². The second-order valence-electron chi connectivity index (χ2n) is 5.13. The highest BCUT2D eigenvalue weighted by atomic mass is 35.5. The van der Waals surface area contributed by atoms with Crippen molar-refractivity contribution in [3.63, 3.8) is 0 Å². The molecule has 7 nitrogen and oxygen atoms in total. The molecule has 2 N–H and O–H groups in total. The number of amides is 1. The van der Waals surface area contributed by atoms with E-state index in [4.69, 9.17) is 11.6 Å². The normalized spacial score (nSPS) is 12.8. The molecule has 0 unspecified atom stereocenters. The quantitative estimate of drug-likeness (QED) is 0.760. The third-order valence-electron chi connectivity index (χ3n) is 3.54. The Labute approximate surface area is 145 Å². The van der Waals surface area contributed by atoms with Gasteiger partial charge in [-0.3, -0.25) is 9.48 Å². The zero-order valence-corrected chi connectivity index (χ0v) is 14.8. The first kappa shape index (κ1) is 18.3. The number of aromatic hydroxyl groups is 1. The third-order valence-corrected chi connectivity index (χ3v) is 5.47. The van der Waals surface area contributed by atoms with E-state index in [0.29, 0.717) is 11.4 Å². The van der Waals surface area contributed by atoms with Gasteiger partial charge in [-0.25, -0.2) is 8.42 Å². The minimum Gasteiger partial charge on any atom is -0.506 e. The van der Waals surface area contributed by atoms with Crippen molar-refractivity contribution in [3.05, 3.63) is 35.6 Å². The van der Waals surface area contributed by atoms with Crippen LogP contribution in [0.15, 0.2) is 35.5 Å². The summed E-state index contributed by atoms with van der Waals surface area (Å²) in [7, 11) is -3.45. The molecule has 0 saturated heterocycles. The van der Waals surface area contributed by atoms with Crippen LogP contribution in [0.3, 0.4) is 0 Å². The second-order valence-corrected chi connectivity index (χ2v) is 7.85. The van der Waals surface area contributed by atoms with Crippen LogP contribution < -0.4 is 5.32 Å². The number of carbonyl (C=O) groups excluding carboxylic acids is 1. The van der Waals surface area contributed by atoms with Crippen molar-refractivity contribution in [2.75, 3.05) is 11.1 Å². The van der Waals surface area contributed by atoms with Gasteiger partial charge in [-0.1, -0.05) is 25.4 Å². The molecule has 2 aromatic rings. The van der Waals surface area contributed by atoms with E-state index in [0.717, 1.165) is 0 Å². The van der Waals surface area contributed by atoms with E-state index in [2.05, 4.69) is 10.4 Å². The van der Waals surface area contributed by atoms with Gasteiger partial charge in [0.1, 0.15) is 11.8 Å². The van der Waals surface area contributed by atoms with Gasteiger partial charge in [0.25, 0.3) is 0 Å². The first-order chi connectivity index (χ1) is 11.3. The van der Waals surface area contributed by atoms with Gasteiger partial charge in [0.15, 0.2) is 9.84 Å². The Hall–Kier alpha value is -2.06. The van der Waals surface area contributed by atoms with Crippen molar-refractivity contribution < 1.29 is 18.3 Å². The topological polar surface area (TPSA) is 101 Å². The lowest BCUT2D eigenvalue weighted by atomic mass is 10.2.